The Bertz CT molecular complexity index is 1250. The first-order valence-corrected chi connectivity index (χ1v) is 15.4. The van der Waals surface area contributed by atoms with Crippen LogP contribution in [0.5, 0.6) is 0 Å². The van der Waals surface area contributed by atoms with Gasteiger partial charge in [-0.25, -0.2) is 8.42 Å². The molecule has 3 aromatic carbocycles. The third kappa shape index (κ3) is 10.6. The molecule has 3 aromatic rings. The molecule has 0 radical (unpaired) electrons. The third-order valence-electron chi connectivity index (χ3n) is 6.91. The lowest BCUT2D eigenvalue weighted by Gasteiger charge is -2.35. The predicted molar refractivity (Wildman–Crippen MR) is 160 cm³/mol. The van der Waals surface area contributed by atoms with E-state index < -0.39 is 15.3 Å². The first kappa shape index (κ1) is 31.6. The van der Waals surface area contributed by atoms with Crippen molar-refractivity contribution in [1.29, 1.82) is 0 Å². The van der Waals surface area contributed by atoms with Gasteiger partial charge < -0.3 is 14.2 Å². The summed E-state index contributed by atoms with van der Waals surface area (Å²) in [6, 6.07) is 26.8. The summed E-state index contributed by atoms with van der Waals surface area (Å²) in [7, 11) is -2.02. The van der Waals surface area contributed by atoms with E-state index in [1.165, 1.54) is 0 Å². The quantitative estimate of drug-likeness (QED) is 0.137. The number of hydrogen-bond donors (Lipinski definition) is 0. The standard InChI is InChI=1S/C34H42O5S/c1-4-5-17-32(37-3)24-34(27-38-25-30-13-8-6-9-14-30,28-39-26-31-15-10-7-11-16-31)22-12-23-40(35,36)33-20-18-29(2)19-21-33/h6-11,13-16,18-21,32H,4-5,17,22,24-28H2,1-3H3. The molecule has 1 unspecified atom stereocenters. The van der Waals surface area contributed by atoms with Crippen LogP contribution in [-0.4, -0.2) is 34.8 Å². The lowest BCUT2D eigenvalue weighted by Crippen LogP contribution is -2.36. The van der Waals surface area contributed by atoms with Gasteiger partial charge in [0.25, 0.3) is 0 Å². The topological polar surface area (TPSA) is 61.8 Å². The normalized spacial score (nSPS) is 12.5. The molecule has 1 atom stereocenters. The molecule has 0 spiro atoms. The molecule has 0 aliphatic heterocycles. The Kier molecular flexibility index (Phi) is 12.9. The maximum atomic E-state index is 13.0. The highest BCUT2D eigenvalue weighted by molar-refractivity contribution is 7.96. The van der Waals surface area contributed by atoms with Crippen molar-refractivity contribution in [2.24, 2.45) is 5.41 Å². The molecule has 0 aromatic heterocycles. The molecule has 0 saturated carbocycles. The van der Waals surface area contributed by atoms with Crippen LogP contribution in [0.15, 0.2) is 89.8 Å². The van der Waals surface area contributed by atoms with E-state index in [-0.39, 0.29) is 11.0 Å². The smallest absolute Gasteiger partial charge is 0.245 e. The third-order valence-corrected chi connectivity index (χ3v) is 8.22. The maximum absolute atomic E-state index is 13.0. The number of rotatable bonds is 16. The number of benzene rings is 3. The van der Waals surface area contributed by atoms with E-state index in [0.29, 0.717) is 39.3 Å². The van der Waals surface area contributed by atoms with Crippen LogP contribution in [0.1, 0.15) is 55.7 Å². The predicted octanol–water partition coefficient (Wildman–Crippen LogP) is 7.14. The van der Waals surface area contributed by atoms with Gasteiger partial charge in [-0.05, 0) is 43.0 Å². The highest BCUT2D eigenvalue weighted by atomic mass is 32.2. The first-order chi connectivity index (χ1) is 19.4. The van der Waals surface area contributed by atoms with Crippen LogP contribution in [0.4, 0.5) is 0 Å². The molecule has 0 aliphatic rings. The average molecular weight is 563 g/mol. The zero-order valence-corrected chi connectivity index (χ0v) is 24.8. The molecule has 0 aliphatic carbocycles. The number of sulfone groups is 1. The molecule has 5 nitrogen and oxygen atoms in total. The van der Waals surface area contributed by atoms with E-state index in [2.05, 4.69) is 18.1 Å². The fourth-order valence-corrected chi connectivity index (χ4v) is 5.44. The summed E-state index contributed by atoms with van der Waals surface area (Å²) in [5, 5.41) is 2.57. The summed E-state index contributed by atoms with van der Waals surface area (Å²) in [6.45, 7) is 5.70. The minimum absolute atomic E-state index is 0.0175. The van der Waals surface area contributed by atoms with Crippen LogP contribution < -0.4 is 0 Å². The van der Waals surface area contributed by atoms with Crippen molar-refractivity contribution < 1.29 is 22.6 Å². The van der Waals surface area contributed by atoms with Gasteiger partial charge in [0, 0.05) is 24.2 Å². The molecule has 0 amide bonds. The van der Waals surface area contributed by atoms with Crippen LogP contribution in [0.3, 0.4) is 0 Å². The molecule has 0 bridgehead atoms. The number of hydrogen-bond acceptors (Lipinski definition) is 5. The van der Waals surface area contributed by atoms with E-state index in [1.54, 1.807) is 31.4 Å². The zero-order valence-electron chi connectivity index (χ0n) is 24.0. The Labute approximate surface area is 240 Å². The second-order valence-corrected chi connectivity index (χ2v) is 12.1. The molecule has 3 rings (SSSR count). The lowest BCUT2D eigenvalue weighted by atomic mass is 9.79. The molecule has 0 saturated heterocycles. The van der Waals surface area contributed by atoms with Gasteiger partial charge in [0.05, 0.1) is 37.4 Å². The van der Waals surface area contributed by atoms with Crippen molar-refractivity contribution in [3.8, 4) is 11.2 Å². The van der Waals surface area contributed by atoms with E-state index >= 15 is 0 Å². The summed E-state index contributed by atoms with van der Waals surface area (Å²) < 4.78 is 44.4. The molecule has 0 N–H and O–H groups in total. The van der Waals surface area contributed by atoms with Crippen LogP contribution in [0.2, 0.25) is 0 Å². The Hall–Kier alpha value is -2.95. The Balaban J connectivity index is 1.86. The summed E-state index contributed by atoms with van der Waals surface area (Å²) in [5.41, 5.74) is 2.58. The van der Waals surface area contributed by atoms with Gasteiger partial charge in [-0.1, -0.05) is 104 Å². The summed E-state index contributed by atoms with van der Waals surface area (Å²) in [4.78, 5) is 0.203. The van der Waals surface area contributed by atoms with Crippen molar-refractivity contribution >= 4 is 9.84 Å². The molecule has 0 heterocycles. The van der Waals surface area contributed by atoms with Gasteiger partial charge in [-0.15, -0.1) is 0 Å². The van der Waals surface area contributed by atoms with Gasteiger partial charge in [-0.3, -0.25) is 0 Å². The highest BCUT2D eigenvalue weighted by Crippen LogP contribution is 2.33. The second-order valence-electron chi connectivity index (χ2n) is 10.4. The second kappa shape index (κ2) is 16.3. The van der Waals surface area contributed by atoms with Crippen LogP contribution >= 0.6 is 0 Å². The maximum Gasteiger partial charge on any atom is 0.245 e. The van der Waals surface area contributed by atoms with Crippen molar-refractivity contribution in [3.05, 3.63) is 102 Å². The molecular weight excluding hydrogens is 520 g/mol. The van der Waals surface area contributed by atoms with Crippen LogP contribution in [-0.2, 0) is 37.3 Å². The monoisotopic (exact) mass is 562 g/mol. The molecule has 0 fully saturated rings. The molecular formula is C34H42O5S. The highest BCUT2D eigenvalue weighted by Gasteiger charge is 2.34. The van der Waals surface area contributed by atoms with Crippen molar-refractivity contribution in [1.82, 2.24) is 0 Å². The zero-order chi connectivity index (χ0) is 28.7. The lowest BCUT2D eigenvalue weighted by molar-refractivity contribution is -0.0614. The fourth-order valence-electron chi connectivity index (χ4n) is 4.57. The number of methoxy groups -OCH3 is 1. The van der Waals surface area contributed by atoms with E-state index in [9.17, 15) is 8.42 Å². The summed E-state index contributed by atoms with van der Waals surface area (Å²) in [5.74, 6) is 3.01. The van der Waals surface area contributed by atoms with Crippen LogP contribution in [0, 0.1) is 23.5 Å². The largest absolute Gasteiger partial charge is 0.381 e. The van der Waals surface area contributed by atoms with E-state index in [4.69, 9.17) is 14.2 Å². The SMILES string of the molecule is CCCCC(CC(CC#CS(=O)(=O)c1ccc(C)cc1)(COCc1ccccc1)COCc1ccccc1)OC. The summed E-state index contributed by atoms with van der Waals surface area (Å²) in [6.07, 6.45) is 3.94. The Morgan fingerprint density at radius 2 is 1.38 bits per heavy atom. The number of aryl methyl sites for hydroxylation is 1. The molecule has 40 heavy (non-hydrogen) atoms. The Morgan fingerprint density at radius 3 is 1.88 bits per heavy atom. The molecule has 214 valence electrons. The van der Waals surface area contributed by atoms with Gasteiger partial charge in [0.15, 0.2) is 0 Å². The van der Waals surface area contributed by atoms with E-state index in [0.717, 1.165) is 36.0 Å². The fraction of sp³-hybridized carbons (Fsp3) is 0.412. The number of ether oxygens (including phenoxy) is 3. The minimum atomic E-state index is -3.75. The average Bonchev–Trinajstić information content (AvgIpc) is 2.96. The van der Waals surface area contributed by atoms with Crippen LogP contribution in [0.25, 0.3) is 0 Å². The van der Waals surface area contributed by atoms with E-state index in [1.807, 2.05) is 67.6 Å². The van der Waals surface area contributed by atoms with Gasteiger partial charge in [0.2, 0.25) is 9.84 Å². The Morgan fingerprint density at radius 1 is 0.825 bits per heavy atom. The summed E-state index contributed by atoms with van der Waals surface area (Å²) >= 11 is 0. The van der Waals surface area contributed by atoms with Gasteiger partial charge >= 0.3 is 0 Å². The minimum Gasteiger partial charge on any atom is -0.381 e. The molecule has 6 heteroatoms. The first-order valence-electron chi connectivity index (χ1n) is 13.9. The number of unbranched alkanes of at least 4 members (excludes halogenated alkanes) is 1. The van der Waals surface area contributed by atoms with Crippen molar-refractivity contribution in [3.63, 3.8) is 0 Å². The van der Waals surface area contributed by atoms with Crippen molar-refractivity contribution in [2.45, 2.75) is 70.2 Å². The van der Waals surface area contributed by atoms with Gasteiger partial charge in [-0.2, -0.15) is 0 Å². The van der Waals surface area contributed by atoms with Crippen molar-refractivity contribution in [2.75, 3.05) is 20.3 Å². The van der Waals surface area contributed by atoms with Gasteiger partial charge in [0.1, 0.15) is 0 Å².